The number of amides is 1. The molecule has 18 heavy (non-hydrogen) atoms. The molecule has 0 aliphatic carbocycles. The lowest BCUT2D eigenvalue weighted by Crippen LogP contribution is -2.26. The molecule has 0 fully saturated rings. The van der Waals surface area contributed by atoms with Crippen molar-refractivity contribution in [3.8, 4) is 0 Å². The van der Waals surface area contributed by atoms with Gasteiger partial charge in [-0.1, -0.05) is 18.2 Å². The fourth-order valence-corrected chi connectivity index (χ4v) is 2.13. The molecule has 0 aromatic heterocycles. The van der Waals surface area contributed by atoms with E-state index in [1.54, 1.807) is 0 Å². The Hall–Kier alpha value is -0.710. The van der Waals surface area contributed by atoms with Gasteiger partial charge in [-0.05, 0) is 18.6 Å². The van der Waals surface area contributed by atoms with E-state index in [4.69, 9.17) is 16.3 Å². The Morgan fingerprint density at radius 3 is 2.78 bits per heavy atom. The van der Waals surface area contributed by atoms with Gasteiger partial charge in [0, 0.05) is 23.9 Å². The summed E-state index contributed by atoms with van der Waals surface area (Å²) < 4.78 is 5.21. The smallest absolute Gasteiger partial charge is 0.230 e. The van der Waals surface area contributed by atoms with Crippen molar-refractivity contribution < 1.29 is 9.53 Å². The van der Waals surface area contributed by atoms with Crippen LogP contribution >= 0.6 is 23.4 Å². The summed E-state index contributed by atoms with van der Waals surface area (Å²) >= 11 is 7.01. The second-order valence-electron chi connectivity index (χ2n) is 3.61. The Morgan fingerprint density at radius 2 is 2.06 bits per heavy atom. The lowest BCUT2D eigenvalue weighted by Gasteiger charge is -2.05. The summed E-state index contributed by atoms with van der Waals surface area (Å²) in [5, 5.41) is 2.86. The molecule has 1 aromatic carbocycles. The molecule has 100 valence electrons. The molecule has 0 atom stereocenters. The summed E-state index contributed by atoms with van der Waals surface area (Å²) in [6, 6.07) is 9.89. The van der Waals surface area contributed by atoms with Crippen molar-refractivity contribution >= 4 is 29.3 Å². The van der Waals surface area contributed by atoms with Gasteiger partial charge >= 0.3 is 0 Å². The van der Waals surface area contributed by atoms with E-state index in [1.807, 2.05) is 30.3 Å². The first kappa shape index (κ1) is 15.3. The average Bonchev–Trinajstić information content (AvgIpc) is 2.41. The highest BCUT2D eigenvalue weighted by molar-refractivity contribution is 8.00. The third-order valence-corrected chi connectivity index (χ3v) is 3.29. The van der Waals surface area contributed by atoms with Crippen LogP contribution in [0.3, 0.4) is 0 Å². The Kier molecular flexibility index (Phi) is 8.73. The summed E-state index contributed by atoms with van der Waals surface area (Å²) in [5.41, 5.74) is 0. The van der Waals surface area contributed by atoms with E-state index in [9.17, 15) is 4.79 Å². The zero-order valence-corrected chi connectivity index (χ0v) is 11.8. The van der Waals surface area contributed by atoms with Gasteiger partial charge in [0.2, 0.25) is 5.91 Å². The molecule has 0 spiro atoms. The molecule has 5 heteroatoms. The molecule has 3 nitrogen and oxygen atoms in total. The van der Waals surface area contributed by atoms with Crippen molar-refractivity contribution in [1.29, 1.82) is 0 Å². The topological polar surface area (TPSA) is 38.3 Å². The van der Waals surface area contributed by atoms with E-state index in [-0.39, 0.29) is 5.91 Å². The molecule has 0 radical (unpaired) electrons. The largest absolute Gasteiger partial charge is 0.380 e. The zero-order chi connectivity index (χ0) is 13.1. The molecule has 1 aromatic rings. The highest BCUT2D eigenvalue weighted by Crippen LogP contribution is 2.15. The molecule has 1 N–H and O–H groups in total. The number of thioether (sulfide) groups is 1. The highest BCUT2D eigenvalue weighted by Gasteiger charge is 2.01. The maximum atomic E-state index is 11.5. The molecule has 0 aliphatic rings. The van der Waals surface area contributed by atoms with Crippen molar-refractivity contribution in [1.82, 2.24) is 5.32 Å². The van der Waals surface area contributed by atoms with Crippen LogP contribution in [0, 0.1) is 0 Å². The molecule has 0 aliphatic heterocycles. The van der Waals surface area contributed by atoms with Crippen LogP contribution in [0.15, 0.2) is 35.2 Å². The van der Waals surface area contributed by atoms with Crippen molar-refractivity contribution in [3.05, 3.63) is 30.3 Å². The fraction of sp³-hybridized carbons (Fsp3) is 0.462. The van der Waals surface area contributed by atoms with E-state index in [0.717, 1.165) is 11.3 Å². The van der Waals surface area contributed by atoms with Gasteiger partial charge in [0.15, 0.2) is 0 Å². The number of halogens is 1. The van der Waals surface area contributed by atoms with Crippen molar-refractivity contribution in [2.75, 3.05) is 31.4 Å². The van der Waals surface area contributed by atoms with Gasteiger partial charge in [0.05, 0.1) is 12.4 Å². The number of rotatable bonds is 9. The zero-order valence-electron chi connectivity index (χ0n) is 10.2. The second-order valence-corrected chi connectivity index (χ2v) is 5.03. The number of hydrogen-bond acceptors (Lipinski definition) is 3. The van der Waals surface area contributed by atoms with Gasteiger partial charge in [-0.3, -0.25) is 4.79 Å². The van der Waals surface area contributed by atoms with Crippen LogP contribution < -0.4 is 5.32 Å². The van der Waals surface area contributed by atoms with E-state index in [2.05, 4.69) is 5.32 Å². The number of hydrogen-bond donors (Lipinski definition) is 1. The summed E-state index contributed by atoms with van der Waals surface area (Å²) in [6.07, 6.45) is 0.818. The second kappa shape index (κ2) is 10.2. The van der Waals surface area contributed by atoms with Crippen LogP contribution in [0.25, 0.3) is 0 Å². The van der Waals surface area contributed by atoms with E-state index in [1.165, 1.54) is 11.8 Å². The Labute approximate surface area is 117 Å². The molecular formula is C13H18ClNO2S. The molecule has 1 amide bonds. The lowest BCUT2D eigenvalue weighted by molar-refractivity contribution is -0.118. The van der Waals surface area contributed by atoms with Gasteiger partial charge < -0.3 is 10.1 Å². The van der Waals surface area contributed by atoms with Gasteiger partial charge in [-0.25, -0.2) is 0 Å². The number of alkyl halides is 1. The summed E-state index contributed by atoms with van der Waals surface area (Å²) in [6.45, 7) is 1.86. The van der Waals surface area contributed by atoms with Gasteiger partial charge in [-0.15, -0.1) is 23.4 Å². The van der Waals surface area contributed by atoms with Crippen LogP contribution in [-0.2, 0) is 9.53 Å². The van der Waals surface area contributed by atoms with Crippen molar-refractivity contribution in [3.63, 3.8) is 0 Å². The average molecular weight is 288 g/mol. The molecule has 0 saturated heterocycles. The summed E-state index contributed by atoms with van der Waals surface area (Å²) in [5.74, 6) is 1.02. The molecule has 0 saturated carbocycles. The van der Waals surface area contributed by atoms with E-state index >= 15 is 0 Å². The Bertz CT molecular complexity index is 335. The molecule has 0 heterocycles. The van der Waals surface area contributed by atoms with Gasteiger partial charge in [0.1, 0.15) is 0 Å². The molecule has 0 bridgehead atoms. The number of benzene rings is 1. The third kappa shape index (κ3) is 7.58. The maximum absolute atomic E-state index is 11.5. The Balaban J connectivity index is 2.01. The normalized spacial score (nSPS) is 10.3. The fourth-order valence-electron chi connectivity index (χ4n) is 1.28. The molecule has 1 rings (SSSR count). The first-order chi connectivity index (χ1) is 8.83. The molecule has 0 unspecified atom stereocenters. The number of ether oxygens (including phenoxy) is 1. The standard InChI is InChI=1S/C13H18ClNO2S/c14-7-10-17-9-4-8-15-13(16)11-18-12-5-2-1-3-6-12/h1-3,5-6H,4,7-11H2,(H,15,16). The minimum Gasteiger partial charge on any atom is -0.380 e. The van der Waals surface area contributed by atoms with Crippen LogP contribution in [0.2, 0.25) is 0 Å². The quantitative estimate of drug-likeness (QED) is 0.431. The first-order valence-corrected chi connectivity index (χ1v) is 7.43. The monoisotopic (exact) mass is 287 g/mol. The molecular weight excluding hydrogens is 270 g/mol. The van der Waals surface area contributed by atoms with E-state index < -0.39 is 0 Å². The van der Waals surface area contributed by atoms with E-state index in [0.29, 0.717) is 31.4 Å². The lowest BCUT2D eigenvalue weighted by atomic mass is 10.4. The summed E-state index contributed by atoms with van der Waals surface area (Å²) in [7, 11) is 0. The Morgan fingerprint density at radius 1 is 1.28 bits per heavy atom. The number of carbonyl (C=O) groups excluding carboxylic acids is 1. The third-order valence-electron chi connectivity index (χ3n) is 2.12. The first-order valence-electron chi connectivity index (χ1n) is 5.91. The van der Waals surface area contributed by atoms with Crippen LogP contribution in [-0.4, -0.2) is 37.3 Å². The number of nitrogens with one attached hydrogen (secondary N) is 1. The predicted octanol–water partition coefficient (Wildman–Crippen LogP) is 2.54. The van der Waals surface area contributed by atoms with Gasteiger partial charge in [-0.2, -0.15) is 0 Å². The minimum absolute atomic E-state index is 0.0567. The van der Waals surface area contributed by atoms with Crippen molar-refractivity contribution in [2.45, 2.75) is 11.3 Å². The van der Waals surface area contributed by atoms with Gasteiger partial charge in [0.25, 0.3) is 0 Å². The van der Waals surface area contributed by atoms with Crippen LogP contribution in [0.5, 0.6) is 0 Å². The number of carbonyl (C=O) groups is 1. The maximum Gasteiger partial charge on any atom is 0.230 e. The van der Waals surface area contributed by atoms with Crippen molar-refractivity contribution in [2.24, 2.45) is 0 Å². The SMILES string of the molecule is O=C(CSc1ccccc1)NCCCOCCCl. The highest BCUT2D eigenvalue weighted by atomic mass is 35.5. The van der Waals surface area contributed by atoms with Crippen LogP contribution in [0.1, 0.15) is 6.42 Å². The minimum atomic E-state index is 0.0567. The summed E-state index contributed by atoms with van der Waals surface area (Å²) in [4.78, 5) is 12.6. The van der Waals surface area contributed by atoms with Crippen LogP contribution in [0.4, 0.5) is 0 Å². The predicted molar refractivity (Wildman–Crippen MR) is 76.3 cm³/mol.